The normalized spacial score (nSPS) is 19.9. The predicted molar refractivity (Wildman–Crippen MR) is 66.7 cm³/mol. The quantitative estimate of drug-likeness (QED) is 0.875. The molecule has 0 saturated heterocycles. The third-order valence-electron chi connectivity index (χ3n) is 2.51. The fraction of sp³-hybridized carbons (Fsp3) is 0.636. The first-order chi connectivity index (χ1) is 7.81. The number of aryl methyl sites for hydroxylation is 1. The Bertz CT molecular complexity index is 375. The number of nitrogens with one attached hydrogen (secondary N) is 1. The molecule has 1 aromatic heterocycles. The summed E-state index contributed by atoms with van der Waals surface area (Å²) in [6.45, 7) is 5.80. The van der Waals surface area contributed by atoms with Gasteiger partial charge in [-0.1, -0.05) is 25.6 Å². The molecule has 16 heavy (non-hydrogen) atoms. The Morgan fingerprint density at radius 1 is 1.56 bits per heavy atom. The lowest BCUT2D eigenvalue weighted by molar-refractivity contribution is 0.454. The summed E-state index contributed by atoms with van der Waals surface area (Å²) in [5.74, 6) is 1.67. The molecular weight excluding hydrogens is 222 g/mol. The van der Waals surface area contributed by atoms with Crippen LogP contribution in [0.2, 0.25) is 0 Å². The summed E-state index contributed by atoms with van der Waals surface area (Å²) in [5, 5.41) is 4.91. The second kappa shape index (κ2) is 5.39. The lowest BCUT2D eigenvalue weighted by Gasteiger charge is -2.04. The number of hydrogen-bond donors (Lipinski definition) is 1. The van der Waals surface area contributed by atoms with Gasteiger partial charge >= 0.3 is 0 Å². The molecular formula is C11H17N3OS. The molecule has 4 nitrogen and oxygen atoms in total. The SMILES string of the molecule is CCc1cnc(CNC2=NCC(CC)S2)o1. The molecule has 0 aromatic carbocycles. The largest absolute Gasteiger partial charge is 0.444 e. The summed E-state index contributed by atoms with van der Waals surface area (Å²) in [6.07, 6.45) is 3.84. The van der Waals surface area contributed by atoms with Gasteiger partial charge in [0.1, 0.15) is 5.76 Å². The highest BCUT2D eigenvalue weighted by Crippen LogP contribution is 2.22. The summed E-state index contributed by atoms with van der Waals surface area (Å²) in [4.78, 5) is 8.62. The first-order valence-corrected chi connectivity index (χ1v) is 6.58. The Morgan fingerprint density at radius 3 is 3.06 bits per heavy atom. The average Bonchev–Trinajstić information content (AvgIpc) is 2.95. The zero-order chi connectivity index (χ0) is 11.4. The zero-order valence-corrected chi connectivity index (χ0v) is 10.5. The summed E-state index contributed by atoms with van der Waals surface area (Å²) >= 11 is 1.81. The standard InChI is InChI=1S/C11H17N3OS/c1-3-8-5-12-10(15-8)7-14-11-13-6-9(4-2)16-11/h5,9H,3-4,6-7H2,1-2H3,(H,13,14). The molecule has 1 aliphatic rings. The molecule has 1 atom stereocenters. The molecule has 0 amide bonds. The molecule has 0 spiro atoms. The molecule has 0 bridgehead atoms. The monoisotopic (exact) mass is 239 g/mol. The minimum absolute atomic E-state index is 0.627. The van der Waals surface area contributed by atoms with Crippen LogP contribution in [-0.2, 0) is 13.0 Å². The van der Waals surface area contributed by atoms with Gasteiger partial charge < -0.3 is 9.73 Å². The van der Waals surface area contributed by atoms with Gasteiger partial charge in [0.2, 0.25) is 5.89 Å². The van der Waals surface area contributed by atoms with Crippen LogP contribution in [0.3, 0.4) is 0 Å². The van der Waals surface area contributed by atoms with Gasteiger partial charge in [0, 0.05) is 11.7 Å². The van der Waals surface area contributed by atoms with Crippen LogP contribution in [-0.4, -0.2) is 21.9 Å². The second-order valence-electron chi connectivity index (χ2n) is 3.72. The first-order valence-electron chi connectivity index (χ1n) is 5.70. The van der Waals surface area contributed by atoms with Gasteiger partial charge in [-0.25, -0.2) is 4.98 Å². The van der Waals surface area contributed by atoms with Crippen LogP contribution >= 0.6 is 11.8 Å². The molecule has 0 radical (unpaired) electrons. The van der Waals surface area contributed by atoms with Crippen molar-refractivity contribution in [1.29, 1.82) is 0 Å². The predicted octanol–water partition coefficient (Wildman–Crippen LogP) is 2.21. The number of thioether (sulfide) groups is 1. The Balaban J connectivity index is 1.79. The molecule has 1 aromatic rings. The van der Waals surface area contributed by atoms with Gasteiger partial charge in [0.15, 0.2) is 5.17 Å². The van der Waals surface area contributed by atoms with E-state index >= 15 is 0 Å². The maximum absolute atomic E-state index is 5.51. The Morgan fingerprint density at radius 2 is 2.44 bits per heavy atom. The zero-order valence-electron chi connectivity index (χ0n) is 9.69. The van der Waals surface area contributed by atoms with Crippen LogP contribution in [0, 0.1) is 0 Å². The minimum Gasteiger partial charge on any atom is -0.444 e. The third-order valence-corrected chi connectivity index (χ3v) is 3.83. The molecule has 1 aliphatic heterocycles. The van der Waals surface area contributed by atoms with Crippen LogP contribution in [0.5, 0.6) is 0 Å². The van der Waals surface area contributed by atoms with Crippen molar-refractivity contribution < 1.29 is 4.42 Å². The third kappa shape index (κ3) is 2.78. The summed E-state index contributed by atoms with van der Waals surface area (Å²) < 4.78 is 5.51. The molecule has 0 aliphatic carbocycles. The maximum Gasteiger partial charge on any atom is 0.213 e. The highest BCUT2D eigenvalue weighted by molar-refractivity contribution is 8.14. The lowest BCUT2D eigenvalue weighted by Crippen LogP contribution is -2.18. The summed E-state index contributed by atoms with van der Waals surface area (Å²) in [5.41, 5.74) is 0. The van der Waals surface area contributed by atoms with Crippen molar-refractivity contribution >= 4 is 16.9 Å². The molecule has 88 valence electrons. The molecule has 2 heterocycles. The average molecular weight is 239 g/mol. The molecule has 5 heteroatoms. The highest BCUT2D eigenvalue weighted by Gasteiger charge is 2.17. The van der Waals surface area contributed by atoms with Gasteiger partial charge in [0.05, 0.1) is 19.3 Å². The van der Waals surface area contributed by atoms with Crippen LogP contribution < -0.4 is 5.32 Å². The molecule has 0 saturated carbocycles. The number of rotatable bonds is 4. The van der Waals surface area contributed by atoms with E-state index in [4.69, 9.17) is 4.42 Å². The van der Waals surface area contributed by atoms with E-state index in [9.17, 15) is 0 Å². The van der Waals surface area contributed by atoms with E-state index in [0.717, 1.165) is 29.8 Å². The Hall–Kier alpha value is -0.970. The van der Waals surface area contributed by atoms with E-state index in [-0.39, 0.29) is 0 Å². The van der Waals surface area contributed by atoms with E-state index in [2.05, 4.69) is 29.1 Å². The lowest BCUT2D eigenvalue weighted by atomic mass is 10.3. The van der Waals surface area contributed by atoms with E-state index in [0.29, 0.717) is 11.8 Å². The van der Waals surface area contributed by atoms with Crippen molar-refractivity contribution in [2.75, 3.05) is 6.54 Å². The number of aliphatic imine (C=N–C) groups is 1. The first kappa shape index (κ1) is 11.5. The molecule has 1 N–H and O–H groups in total. The van der Waals surface area contributed by atoms with Crippen LogP contribution in [0.15, 0.2) is 15.6 Å². The number of amidine groups is 1. The van der Waals surface area contributed by atoms with E-state index in [1.165, 1.54) is 6.42 Å². The molecule has 2 rings (SSSR count). The molecule has 1 unspecified atom stereocenters. The van der Waals surface area contributed by atoms with Crippen LogP contribution in [0.25, 0.3) is 0 Å². The van der Waals surface area contributed by atoms with Gasteiger partial charge in [-0.2, -0.15) is 0 Å². The van der Waals surface area contributed by atoms with Gasteiger partial charge in [0.25, 0.3) is 0 Å². The van der Waals surface area contributed by atoms with Gasteiger partial charge in [-0.15, -0.1) is 0 Å². The van der Waals surface area contributed by atoms with Crippen molar-refractivity contribution in [3.05, 3.63) is 17.8 Å². The van der Waals surface area contributed by atoms with Crippen molar-refractivity contribution in [3.8, 4) is 0 Å². The second-order valence-corrected chi connectivity index (χ2v) is 5.01. The fourth-order valence-corrected chi connectivity index (χ4v) is 2.41. The van der Waals surface area contributed by atoms with Crippen LogP contribution in [0.1, 0.15) is 31.9 Å². The topological polar surface area (TPSA) is 50.4 Å². The number of nitrogens with zero attached hydrogens (tertiary/aromatic N) is 2. The highest BCUT2D eigenvalue weighted by atomic mass is 32.2. The fourth-order valence-electron chi connectivity index (χ4n) is 1.47. The number of aromatic nitrogens is 1. The van der Waals surface area contributed by atoms with E-state index in [1.54, 1.807) is 6.20 Å². The van der Waals surface area contributed by atoms with Crippen molar-refractivity contribution in [1.82, 2.24) is 10.3 Å². The van der Waals surface area contributed by atoms with E-state index in [1.807, 2.05) is 11.8 Å². The van der Waals surface area contributed by atoms with Crippen LogP contribution in [0.4, 0.5) is 0 Å². The van der Waals surface area contributed by atoms with Gasteiger partial charge in [-0.3, -0.25) is 4.99 Å². The summed E-state index contributed by atoms with van der Waals surface area (Å²) in [6, 6.07) is 0. The van der Waals surface area contributed by atoms with Crippen molar-refractivity contribution in [2.45, 2.75) is 38.5 Å². The smallest absolute Gasteiger partial charge is 0.213 e. The summed E-state index contributed by atoms with van der Waals surface area (Å²) in [7, 11) is 0. The minimum atomic E-state index is 0.627. The molecule has 0 fully saturated rings. The van der Waals surface area contributed by atoms with E-state index < -0.39 is 0 Å². The van der Waals surface area contributed by atoms with Crippen molar-refractivity contribution in [2.24, 2.45) is 4.99 Å². The number of oxazole rings is 1. The van der Waals surface area contributed by atoms with Crippen molar-refractivity contribution in [3.63, 3.8) is 0 Å². The maximum atomic E-state index is 5.51. The number of hydrogen-bond acceptors (Lipinski definition) is 5. The Labute approximate surface area is 99.9 Å². The van der Waals surface area contributed by atoms with Gasteiger partial charge in [-0.05, 0) is 6.42 Å². The Kier molecular flexibility index (Phi) is 3.88.